The molecule has 0 aromatic rings. The van der Waals surface area contributed by atoms with Crippen LogP contribution in [0.15, 0.2) is 12.2 Å². The molecule has 1 aliphatic carbocycles. The van der Waals surface area contributed by atoms with Crippen LogP contribution in [0.2, 0.25) is 0 Å². The minimum atomic E-state index is -0.161. The first kappa shape index (κ1) is 10.6. The van der Waals surface area contributed by atoms with Crippen molar-refractivity contribution >= 4 is 5.97 Å². The van der Waals surface area contributed by atoms with Crippen molar-refractivity contribution in [1.82, 2.24) is 0 Å². The molecule has 1 saturated heterocycles. The van der Waals surface area contributed by atoms with Crippen molar-refractivity contribution in [2.45, 2.75) is 25.2 Å². The number of carbonyl (C=O) groups is 1. The van der Waals surface area contributed by atoms with Gasteiger partial charge < -0.3 is 14.2 Å². The number of esters is 1. The molecule has 0 saturated carbocycles. The van der Waals surface area contributed by atoms with Crippen molar-refractivity contribution in [3.05, 3.63) is 12.2 Å². The lowest BCUT2D eigenvalue weighted by Gasteiger charge is -2.15. The van der Waals surface area contributed by atoms with Crippen LogP contribution in [0.5, 0.6) is 0 Å². The number of rotatable bonds is 3. The van der Waals surface area contributed by atoms with Crippen LogP contribution in [-0.2, 0) is 19.0 Å². The molecular weight excluding hydrogens is 196 g/mol. The fourth-order valence-electron chi connectivity index (χ4n) is 2.34. The van der Waals surface area contributed by atoms with Crippen LogP contribution < -0.4 is 0 Å². The van der Waals surface area contributed by atoms with E-state index in [4.69, 9.17) is 9.47 Å². The third-order valence-electron chi connectivity index (χ3n) is 3.19. The van der Waals surface area contributed by atoms with Gasteiger partial charge in [-0.3, -0.25) is 4.79 Å². The van der Waals surface area contributed by atoms with Crippen LogP contribution in [0.1, 0.15) is 12.8 Å². The zero-order valence-corrected chi connectivity index (χ0v) is 9.01. The first-order valence-electron chi connectivity index (χ1n) is 5.18. The molecule has 1 aliphatic heterocycles. The normalized spacial score (nSPS) is 38.0. The van der Waals surface area contributed by atoms with Gasteiger partial charge in [0.2, 0.25) is 0 Å². The highest BCUT2D eigenvalue weighted by Crippen LogP contribution is 2.40. The summed E-state index contributed by atoms with van der Waals surface area (Å²) in [7, 11) is 3.06. The summed E-state index contributed by atoms with van der Waals surface area (Å²) in [6, 6.07) is 0. The van der Waals surface area contributed by atoms with Crippen LogP contribution >= 0.6 is 0 Å². The molecular formula is C11H16O4. The van der Waals surface area contributed by atoms with E-state index in [1.54, 1.807) is 7.11 Å². The monoisotopic (exact) mass is 212 g/mol. The molecule has 0 amide bonds. The molecule has 0 bridgehead atoms. The quantitative estimate of drug-likeness (QED) is 0.519. The molecule has 0 spiro atoms. The van der Waals surface area contributed by atoms with Gasteiger partial charge in [0, 0.05) is 19.4 Å². The molecule has 0 aromatic carbocycles. The summed E-state index contributed by atoms with van der Waals surface area (Å²) in [5, 5.41) is 0. The Hall–Kier alpha value is -0.870. The summed E-state index contributed by atoms with van der Waals surface area (Å²) in [6.07, 6.45) is 5.37. The fraction of sp³-hybridized carbons (Fsp3) is 0.727. The Morgan fingerprint density at radius 3 is 2.93 bits per heavy atom. The van der Waals surface area contributed by atoms with Crippen LogP contribution in [0, 0.1) is 11.8 Å². The van der Waals surface area contributed by atoms with E-state index in [1.165, 1.54) is 7.11 Å². The van der Waals surface area contributed by atoms with Gasteiger partial charge in [-0.25, -0.2) is 0 Å². The molecule has 4 atom stereocenters. The van der Waals surface area contributed by atoms with Gasteiger partial charge in [0.05, 0.1) is 19.6 Å². The molecule has 1 fully saturated rings. The van der Waals surface area contributed by atoms with Gasteiger partial charge in [-0.15, -0.1) is 0 Å². The number of fused-ring (bicyclic) bond motifs is 1. The molecule has 0 radical (unpaired) electrons. The number of methoxy groups -OCH3 is 2. The molecule has 1 heterocycles. The smallest absolute Gasteiger partial charge is 0.306 e. The Labute approximate surface area is 89.2 Å². The summed E-state index contributed by atoms with van der Waals surface area (Å²) < 4.78 is 15.4. The minimum Gasteiger partial charge on any atom is -0.469 e. The number of ether oxygens (including phenoxy) is 3. The average molecular weight is 212 g/mol. The molecule has 4 unspecified atom stereocenters. The summed E-state index contributed by atoms with van der Waals surface area (Å²) in [4.78, 5) is 11.2. The molecule has 4 nitrogen and oxygen atoms in total. The number of allylic oxidation sites excluding steroid dienone is 1. The Balaban J connectivity index is 1.94. The highest BCUT2D eigenvalue weighted by Gasteiger charge is 2.42. The van der Waals surface area contributed by atoms with Crippen molar-refractivity contribution < 1.29 is 19.0 Å². The van der Waals surface area contributed by atoms with Crippen molar-refractivity contribution in [2.24, 2.45) is 11.8 Å². The second-order valence-electron chi connectivity index (χ2n) is 3.99. The molecule has 84 valence electrons. The minimum absolute atomic E-state index is 0.115. The van der Waals surface area contributed by atoms with Gasteiger partial charge in [-0.2, -0.15) is 0 Å². The van der Waals surface area contributed by atoms with Gasteiger partial charge in [-0.05, 0) is 5.92 Å². The van der Waals surface area contributed by atoms with E-state index in [0.717, 1.165) is 6.42 Å². The molecule has 15 heavy (non-hydrogen) atoms. The average Bonchev–Trinajstić information content (AvgIpc) is 2.79. The van der Waals surface area contributed by atoms with Crippen LogP contribution in [-0.4, -0.2) is 32.6 Å². The number of hydrogen-bond acceptors (Lipinski definition) is 4. The maximum absolute atomic E-state index is 11.2. The molecule has 0 aromatic heterocycles. The number of hydrogen-bond donors (Lipinski definition) is 0. The summed E-state index contributed by atoms with van der Waals surface area (Å²) >= 11 is 0. The second kappa shape index (κ2) is 4.33. The maximum atomic E-state index is 11.2. The van der Waals surface area contributed by atoms with Crippen LogP contribution in [0.25, 0.3) is 0 Å². The number of carbonyl (C=O) groups excluding carboxylic acids is 1. The van der Waals surface area contributed by atoms with E-state index in [2.05, 4.69) is 10.8 Å². The van der Waals surface area contributed by atoms with E-state index >= 15 is 0 Å². The maximum Gasteiger partial charge on any atom is 0.306 e. The molecule has 2 aliphatic rings. The third-order valence-corrected chi connectivity index (χ3v) is 3.19. The first-order chi connectivity index (χ1) is 7.24. The van der Waals surface area contributed by atoms with Crippen molar-refractivity contribution in [2.75, 3.05) is 14.2 Å². The Morgan fingerprint density at radius 1 is 1.47 bits per heavy atom. The van der Waals surface area contributed by atoms with E-state index in [1.807, 2.05) is 6.08 Å². The third kappa shape index (κ3) is 2.06. The molecule has 0 N–H and O–H groups in total. The summed E-state index contributed by atoms with van der Waals surface area (Å²) in [5.41, 5.74) is 0. The van der Waals surface area contributed by atoms with Crippen molar-refractivity contribution in [3.63, 3.8) is 0 Å². The Kier molecular flexibility index (Phi) is 3.07. The lowest BCUT2D eigenvalue weighted by atomic mass is 9.90. The predicted molar refractivity (Wildman–Crippen MR) is 53.0 cm³/mol. The lowest BCUT2D eigenvalue weighted by Crippen LogP contribution is -2.18. The van der Waals surface area contributed by atoms with Gasteiger partial charge >= 0.3 is 5.97 Å². The SMILES string of the molecule is COC(=O)CC1C=CC2OC(OC)CC12. The Bertz CT molecular complexity index is 274. The summed E-state index contributed by atoms with van der Waals surface area (Å²) in [5.74, 6) is 0.447. The molecule has 2 rings (SSSR count). The topological polar surface area (TPSA) is 44.8 Å². The predicted octanol–water partition coefficient (Wildman–Crippen LogP) is 1.11. The van der Waals surface area contributed by atoms with Gasteiger partial charge in [0.25, 0.3) is 0 Å². The van der Waals surface area contributed by atoms with Gasteiger partial charge in [-0.1, -0.05) is 12.2 Å². The van der Waals surface area contributed by atoms with Crippen LogP contribution in [0.4, 0.5) is 0 Å². The first-order valence-corrected chi connectivity index (χ1v) is 5.18. The zero-order chi connectivity index (χ0) is 10.8. The van der Waals surface area contributed by atoms with Crippen LogP contribution in [0.3, 0.4) is 0 Å². The standard InChI is InChI=1S/C11H16O4/c1-13-10(12)5-7-3-4-9-8(7)6-11(14-2)15-9/h3-4,7-9,11H,5-6H2,1-2H3. The zero-order valence-electron chi connectivity index (χ0n) is 9.01. The van der Waals surface area contributed by atoms with E-state index in [-0.39, 0.29) is 24.3 Å². The molecule has 4 heteroatoms. The van der Waals surface area contributed by atoms with E-state index in [9.17, 15) is 4.79 Å². The van der Waals surface area contributed by atoms with E-state index in [0.29, 0.717) is 12.3 Å². The van der Waals surface area contributed by atoms with E-state index < -0.39 is 0 Å². The highest BCUT2D eigenvalue weighted by atomic mass is 16.7. The largest absolute Gasteiger partial charge is 0.469 e. The second-order valence-corrected chi connectivity index (χ2v) is 3.99. The lowest BCUT2D eigenvalue weighted by molar-refractivity contribution is -0.141. The van der Waals surface area contributed by atoms with Gasteiger partial charge in [0.1, 0.15) is 0 Å². The van der Waals surface area contributed by atoms with Gasteiger partial charge in [0.15, 0.2) is 6.29 Å². The highest BCUT2D eigenvalue weighted by molar-refractivity contribution is 5.70. The van der Waals surface area contributed by atoms with Crippen molar-refractivity contribution in [1.29, 1.82) is 0 Å². The Morgan fingerprint density at radius 2 is 2.27 bits per heavy atom. The van der Waals surface area contributed by atoms with Crippen molar-refractivity contribution in [3.8, 4) is 0 Å². The summed E-state index contributed by atoms with van der Waals surface area (Å²) in [6.45, 7) is 0. The fourth-order valence-corrected chi connectivity index (χ4v) is 2.34.